The summed E-state index contributed by atoms with van der Waals surface area (Å²) in [6, 6.07) is 15.3. The number of nitrogens with zero attached hydrogens (tertiary/aromatic N) is 3. The first kappa shape index (κ1) is 55.5. The number of hydrogen-bond donors (Lipinski definition) is 3. The number of carbonyl (C=O) groups is 6. The van der Waals surface area contributed by atoms with Gasteiger partial charge < -0.3 is 39.8 Å². The molecule has 15 nitrogen and oxygen atoms in total. The topological polar surface area (TPSA) is 184 Å². The summed E-state index contributed by atoms with van der Waals surface area (Å²) in [4.78, 5) is 87.1. The molecule has 9 unspecified atom stereocenters. The number of hydrogen-bond acceptors (Lipinski definition) is 10. The van der Waals surface area contributed by atoms with Gasteiger partial charge >= 0.3 is 11.9 Å². The first-order chi connectivity index (χ1) is 31.3. The molecule has 368 valence electrons. The van der Waals surface area contributed by atoms with Crippen molar-refractivity contribution >= 4 is 35.6 Å². The van der Waals surface area contributed by atoms with Crippen molar-refractivity contribution in [3.63, 3.8) is 0 Å². The summed E-state index contributed by atoms with van der Waals surface area (Å²) in [6.07, 6.45) is 0.874. The number of methoxy groups -OCH3 is 2. The second-order valence-electron chi connectivity index (χ2n) is 18.8. The van der Waals surface area contributed by atoms with Crippen LogP contribution in [-0.2, 0) is 49.6 Å². The molecule has 4 amide bonds. The number of carboxylic acids is 1. The van der Waals surface area contributed by atoms with Crippen LogP contribution in [0.5, 0.6) is 0 Å². The molecule has 0 spiro atoms. The van der Waals surface area contributed by atoms with Crippen molar-refractivity contribution in [1.29, 1.82) is 0 Å². The third kappa shape index (κ3) is 15.3. The molecular formula is C51H79N5O10. The van der Waals surface area contributed by atoms with Gasteiger partial charge in [-0.15, -0.1) is 0 Å². The quantitative estimate of drug-likeness (QED) is 0.0908. The van der Waals surface area contributed by atoms with Crippen LogP contribution in [-0.4, -0.2) is 139 Å². The molecule has 0 radical (unpaired) electrons. The molecule has 2 aromatic carbocycles. The average Bonchev–Trinajstić information content (AvgIpc) is 3.78. The zero-order chi connectivity index (χ0) is 49.2. The molecule has 0 saturated carbocycles. The van der Waals surface area contributed by atoms with E-state index in [-0.39, 0.29) is 54.9 Å². The summed E-state index contributed by atoms with van der Waals surface area (Å²) >= 11 is 0. The van der Waals surface area contributed by atoms with Gasteiger partial charge in [-0.05, 0) is 61.7 Å². The fraction of sp³-hybridized carbons (Fsp3) is 0.647. The number of likely N-dealkylation sites (N-methyl/N-ethyl adjacent to an activating group) is 2. The Morgan fingerprint density at radius 3 is 1.97 bits per heavy atom. The third-order valence-corrected chi connectivity index (χ3v) is 13.4. The van der Waals surface area contributed by atoms with E-state index in [1.165, 1.54) is 14.2 Å². The first-order valence-corrected chi connectivity index (χ1v) is 23.7. The molecule has 10 atom stereocenters. The number of nitrogens with one attached hydrogen (secondary N) is 2. The lowest BCUT2D eigenvalue weighted by atomic mass is 9.89. The minimum absolute atomic E-state index is 0.0125. The van der Waals surface area contributed by atoms with Crippen LogP contribution in [0.2, 0.25) is 0 Å². The first-order valence-electron chi connectivity index (χ1n) is 23.7. The SMILES string of the molecule is CCC(C)C(C(CC(=O)N1CCC[C@H]1C(OC)C(C)C(=O)NC(C(=O)OCc1ccccc1)C(C)c1ccccc1)OC)N(C)C(=O)C(NC(=O)C(C(C)C)N(C)CCCC(=O)O)C(C)C. The van der Waals surface area contributed by atoms with Gasteiger partial charge in [-0.3, -0.25) is 28.9 Å². The molecule has 1 fully saturated rings. The van der Waals surface area contributed by atoms with E-state index in [9.17, 15) is 28.8 Å². The zero-order valence-corrected chi connectivity index (χ0v) is 41.5. The molecule has 1 aliphatic rings. The van der Waals surface area contributed by atoms with E-state index in [0.717, 1.165) is 11.1 Å². The van der Waals surface area contributed by atoms with Gasteiger partial charge in [-0.25, -0.2) is 4.79 Å². The minimum atomic E-state index is -0.999. The van der Waals surface area contributed by atoms with Gasteiger partial charge in [0.1, 0.15) is 18.7 Å². The van der Waals surface area contributed by atoms with Crippen molar-refractivity contribution in [2.45, 2.75) is 149 Å². The molecular weight excluding hydrogens is 843 g/mol. The van der Waals surface area contributed by atoms with Gasteiger partial charge in [0.25, 0.3) is 0 Å². The van der Waals surface area contributed by atoms with Crippen molar-refractivity contribution < 1.29 is 48.1 Å². The fourth-order valence-corrected chi connectivity index (χ4v) is 9.35. The summed E-state index contributed by atoms with van der Waals surface area (Å²) in [6.45, 7) is 16.1. The Hall–Kier alpha value is -4.86. The third-order valence-electron chi connectivity index (χ3n) is 13.4. The molecule has 15 heteroatoms. The maximum atomic E-state index is 14.5. The average molecular weight is 922 g/mol. The Labute approximate surface area is 393 Å². The predicted molar refractivity (Wildman–Crippen MR) is 254 cm³/mol. The van der Waals surface area contributed by atoms with Gasteiger partial charge in [-0.1, -0.05) is 122 Å². The van der Waals surface area contributed by atoms with E-state index < -0.39 is 72.1 Å². The monoisotopic (exact) mass is 922 g/mol. The van der Waals surface area contributed by atoms with Crippen LogP contribution >= 0.6 is 0 Å². The standard InChI is InChI=1S/C51H79N5O10/c1-13-34(6)46(55(10)50(62)43(32(2)3)52-49(61)45(33(4)5)54(9)28-21-27-42(58)59)40(64-11)30-41(57)56-29-20-26-39(56)47(65-12)36(8)48(60)53-44(35(7)38-24-18-15-19-25-38)51(63)66-31-37-22-16-14-17-23-37/h14-19,22-25,32-36,39-40,43-47H,13,20-21,26-31H2,1-12H3,(H,52,61)(H,53,60)(H,58,59)/t34?,35?,36?,39-,40?,43?,44?,45?,46?,47?/m0/s1. The fourth-order valence-electron chi connectivity index (χ4n) is 9.35. The van der Waals surface area contributed by atoms with Gasteiger partial charge in [0.15, 0.2) is 0 Å². The highest BCUT2D eigenvalue weighted by atomic mass is 16.5. The molecule has 0 bridgehead atoms. The molecule has 3 N–H and O–H groups in total. The van der Waals surface area contributed by atoms with Crippen LogP contribution < -0.4 is 10.6 Å². The largest absolute Gasteiger partial charge is 0.481 e. The lowest BCUT2D eigenvalue weighted by molar-refractivity contribution is -0.151. The molecule has 1 saturated heterocycles. The lowest BCUT2D eigenvalue weighted by Gasteiger charge is -2.41. The highest BCUT2D eigenvalue weighted by Gasteiger charge is 2.44. The van der Waals surface area contributed by atoms with Crippen molar-refractivity contribution in [2.24, 2.45) is 23.7 Å². The Morgan fingerprint density at radius 1 is 0.818 bits per heavy atom. The smallest absolute Gasteiger partial charge is 0.329 e. The number of carboxylic acid groups (broad SMARTS) is 1. The van der Waals surface area contributed by atoms with E-state index in [1.54, 1.807) is 30.8 Å². The Kier molecular flexibility index (Phi) is 22.8. The Morgan fingerprint density at radius 2 is 1.42 bits per heavy atom. The number of benzene rings is 2. The van der Waals surface area contributed by atoms with E-state index in [1.807, 2.05) is 114 Å². The number of aliphatic carboxylic acids is 1. The van der Waals surface area contributed by atoms with Crippen LogP contribution in [0.4, 0.5) is 0 Å². The van der Waals surface area contributed by atoms with Crippen molar-refractivity contribution in [3.05, 3.63) is 71.8 Å². The lowest BCUT2D eigenvalue weighted by Crippen LogP contribution is -2.60. The van der Waals surface area contributed by atoms with Gasteiger partial charge in [-0.2, -0.15) is 0 Å². The maximum Gasteiger partial charge on any atom is 0.329 e. The number of carbonyl (C=O) groups excluding carboxylic acids is 5. The summed E-state index contributed by atoms with van der Waals surface area (Å²) in [5, 5.41) is 15.2. The second-order valence-corrected chi connectivity index (χ2v) is 18.8. The molecule has 1 aliphatic heterocycles. The number of esters is 1. The molecule has 0 aliphatic carbocycles. The van der Waals surface area contributed by atoms with Crippen LogP contribution in [0.1, 0.15) is 111 Å². The van der Waals surface area contributed by atoms with Crippen LogP contribution in [0, 0.1) is 23.7 Å². The van der Waals surface area contributed by atoms with Crippen LogP contribution in [0.25, 0.3) is 0 Å². The summed E-state index contributed by atoms with van der Waals surface area (Å²) in [5.41, 5.74) is 1.68. The summed E-state index contributed by atoms with van der Waals surface area (Å²) < 4.78 is 17.9. The van der Waals surface area contributed by atoms with E-state index in [0.29, 0.717) is 38.8 Å². The van der Waals surface area contributed by atoms with Crippen LogP contribution in [0.3, 0.4) is 0 Å². The Bertz CT molecular complexity index is 1850. The van der Waals surface area contributed by atoms with Gasteiger partial charge in [0, 0.05) is 40.2 Å². The van der Waals surface area contributed by atoms with E-state index >= 15 is 0 Å². The number of amides is 4. The van der Waals surface area contributed by atoms with Crippen molar-refractivity contribution in [2.75, 3.05) is 41.4 Å². The second kappa shape index (κ2) is 27.1. The zero-order valence-electron chi connectivity index (χ0n) is 41.5. The van der Waals surface area contributed by atoms with Crippen molar-refractivity contribution in [1.82, 2.24) is 25.3 Å². The van der Waals surface area contributed by atoms with Gasteiger partial charge in [0.05, 0.1) is 42.7 Å². The normalized spacial score (nSPS) is 18.1. The summed E-state index contributed by atoms with van der Waals surface area (Å²) in [7, 11) is 6.53. The molecule has 2 aromatic rings. The molecule has 66 heavy (non-hydrogen) atoms. The molecule has 3 rings (SSSR count). The number of likely N-dealkylation sites (tertiary alicyclic amines) is 1. The summed E-state index contributed by atoms with van der Waals surface area (Å²) in [5.74, 6) is -4.37. The minimum Gasteiger partial charge on any atom is -0.481 e. The van der Waals surface area contributed by atoms with E-state index in [4.69, 9.17) is 19.3 Å². The predicted octanol–water partition coefficient (Wildman–Crippen LogP) is 5.90. The molecule has 1 heterocycles. The highest BCUT2D eigenvalue weighted by molar-refractivity contribution is 5.90. The Balaban J connectivity index is 1.81. The van der Waals surface area contributed by atoms with Gasteiger partial charge in [0.2, 0.25) is 23.6 Å². The highest BCUT2D eigenvalue weighted by Crippen LogP contribution is 2.30. The molecule has 0 aromatic heterocycles. The number of ether oxygens (including phenoxy) is 3. The number of rotatable bonds is 27. The van der Waals surface area contributed by atoms with E-state index in [2.05, 4.69) is 10.6 Å². The van der Waals surface area contributed by atoms with Crippen LogP contribution in [0.15, 0.2) is 60.7 Å². The van der Waals surface area contributed by atoms with Crippen molar-refractivity contribution in [3.8, 4) is 0 Å². The maximum absolute atomic E-state index is 14.5.